The fourth-order valence-corrected chi connectivity index (χ4v) is 1.51. The fourth-order valence-electron chi connectivity index (χ4n) is 1.51. The highest BCUT2D eigenvalue weighted by Gasteiger charge is 1.94. The molecule has 0 N–H and O–H groups in total. The Morgan fingerprint density at radius 3 is 2.62 bits per heavy atom. The first-order valence-corrected chi connectivity index (χ1v) is 4.44. The lowest BCUT2D eigenvalue weighted by Crippen LogP contribution is -1.77. The molecule has 0 heterocycles. The molecule has 0 nitrogen and oxygen atoms in total. The summed E-state index contributed by atoms with van der Waals surface area (Å²) in [6.07, 6.45) is 5.17. The lowest BCUT2D eigenvalue weighted by molar-refractivity contribution is 1.59. The average molecular weight is 167 g/mol. The number of hydrogen-bond acceptors (Lipinski definition) is 0. The normalized spacial score (nSPS) is 11.2. The third-order valence-corrected chi connectivity index (χ3v) is 2.09. The zero-order valence-electron chi connectivity index (χ0n) is 7.62. The maximum absolute atomic E-state index is 3.23. The Hall–Kier alpha value is -1.56. The van der Waals surface area contributed by atoms with E-state index < -0.39 is 0 Å². The SMILES string of the molecule is C/C=[C]/c1cccc2ccccc12. The molecule has 0 aliphatic rings. The van der Waals surface area contributed by atoms with Crippen LogP contribution in [0, 0.1) is 6.08 Å². The summed E-state index contributed by atoms with van der Waals surface area (Å²) in [6.45, 7) is 1.99. The maximum atomic E-state index is 3.23. The van der Waals surface area contributed by atoms with Gasteiger partial charge >= 0.3 is 0 Å². The van der Waals surface area contributed by atoms with Crippen LogP contribution in [0.1, 0.15) is 12.5 Å². The minimum absolute atomic E-state index is 1.17. The smallest absolute Gasteiger partial charge is 0.0103 e. The molecule has 63 valence electrons. The zero-order chi connectivity index (χ0) is 9.10. The van der Waals surface area contributed by atoms with E-state index >= 15 is 0 Å². The van der Waals surface area contributed by atoms with Crippen LogP contribution < -0.4 is 0 Å². The van der Waals surface area contributed by atoms with Crippen LogP contribution in [0.5, 0.6) is 0 Å². The molecule has 0 fully saturated rings. The van der Waals surface area contributed by atoms with Crippen molar-refractivity contribution in [3.63, 3.8) is 0 Å². The van der Waals surface area contributed by atoms with E-state index in [1.165, 1.54) is 16.3 Å². The Kier molecular flexibility index (Phi) is 2.13. The Morgan fingerprint density at radius 2 is 1.77 bits per heavy atom. The van der Waals surface area contributed by atoms with E-state index in [2.05, 4.69) is 48.5 Å². The van der Waals surface area contributed by atoms with Crippen LogP contribution in [-0.2, 0) is 0 Å². The number of benzene rings is 2. The molecule has 2 rings (SSSR count). The van der Waals surface area contributed by atoms with Gasteiger partial charge in [0, 0.05) is 0 Å². The van der Waals surface area contributed by atoms with Gasteiger partial charge in [-0.2, -0.15) is 0 Å². The quantitative estimate of drug-likeness (QED) is 0.609. The summed E-state index contributed by atoms with van der Waals surface area (Å²) >= 11 is 0. The van der Waals surface area contributed by atoms with Crippen molar-refractivity contribution in [3.05, 3.63) is 60.2 Å². The molecule has 0 amide bonds. The van der Waals surface area contributed by atoms with E-state index in [0.717, 1.165) is 0 Å². The van der Waals surface area contributed by atoms with Gasteiger partial charge in [-0.3, -0.25) is 0 Å². The topological polar surface area (TPSA) is 0 Å². The minimum Gasteiger partial charge on any atom is -0.0791 e. The molecule has 0 aliphatic carbocycles. The third kappa shape index (κ3) is 1.48. The van der Waals surface area contributed by atoms with E-state index in [4.69, 9.17) is 0 Å². The summed E-state index contributed by atoms with van der Waals surface area (Å²) in [7, 11) is 0. The van der Waals surface area contributed by atoms with Crippen molar-refractivity contribution in [2.45, 2.75) is 6.92 Å². The highest BCUT2D eigenvalue weighted by molar-refractivity contribution is 5.86. The molecule has 1 radical (unpaired) electrons. The lowest BCUT2D eigenvalue weighted by atomic mass is 10.0. The second kappa shape index (κ2) is 3.44. The molecule has 0 heteroatoms. The number of rotatable bonds is 1. The van der Waals surface area contributed by atoms with Crippen molar-refractivity contribution in [2.24, 2.45) is 0 Å². The second-order valence-electron chi connectivity index (χ2n) is 2.96. The van der Waals surface area contributed by atoms with Crippen LogP contribution in [0.15, 0.2) is 48.5 Å². The van der Waals surface area contributed by atoms with E-state index in [-0.39, 0.29) is 0 Å². The van der Waals surface area contributed by atoms with Crippen LogP contribution in [-0.4, -0.2) is 0 Å². The summed E-state index contributed by atoms with van der Waals surface area (Å²) in [5, 5.41) is 2.54. The Labute approximate surface area is 78.5 Å². The van der Waals surface area contributed by atoms with Gasteiger partial charge in [-0.05, 0) is 29.3 Å². The monoisotopic (exact) mass is 167 g/mol. The van der Waals surface area contributed by atoms with Gasteiger partial charge in [-0.1, -0.05) is 48.5 Å². The molecular weight excluding hydrogens is 156 g/mol. The van der Waals surface area contributed by atoms with Crippen molar-refractivity contribution >= 4 is 10.8 Å². The first kappa shape index (κ1) is 8.06. The molecule has 0 saturated heterocycles. The Morgan fingerprint density at radius 1 is 1.00 bits per heavy atom. The summed E-state index contributed by atoms with van der Waals surface area (Å²) in [5.41, 5.74) is 1.17. The molecule has 0 unspecified atom stereocenters. The highest BCUT2D eigenvalue weighted by Crippen LogP contribution is 2.18. The van der Waals surface area contributed by atoms with Crippen molar-refractivity contribution in [3.8, 4) is 0 Å². The van der Waals surface area contributed by atoms with Gasteiger partial charge in [0.1, 0.15) is 0 Å². The van der Waals surface area contributed by atoms with Crippen molar-refractivity contribution in [1.82, 2.24) is 0 Å². The van der Waals surface area contributed by atoms with E-state index in [1.54, 1.807) is 0 Å². The van der Waals surface area contributed by atoms with E-state index in [0.29, 0.717) is 0 Å². The number of fused-ring (bicyclic) bond motifs is 1. The third-order valence-electron chi connectivity index (χ3n) is 2.09. The maximum Gasteiger partial charge on any atom is -0.0103 e. The van der Waals surface area contributed by atoms with Crippen molar-refractivity contribution < 1.29 is 0 Å². The molecule has 0 spiro atoms. The van der Waals surface area contributed by atoms with Crippen molar-refractivity contribution in [1.29, 1.82) is 0 Å². The molecular formula is C13H11. The zero-order valence-corrected chi connectivity index (χ0v) is 7.62. The minimum atomic E-state index is 1.17. The van der Waals surface area contributed by atoms with E-state index in [1.807, 2.05) is 13.0 Å². The van der Waals surface area contributed by atoms with Gasteiger partial charge < -0.3 is 0 Å². The van der Waals surface area contributed by atoms with Crippen LogP contribution in [0.3, 0.4) is 0 Å². The average Bonchev–Trinajstić information content (AvgIpc) is 2.19. The second-order valence-corrected chi connectivity index (χ2v) is 2.96. The predicted molar refractivity (Wildman–Crippen MR) is 56.5 cm³/mol. The molecule has 0 atom stereocenters. The Balaban J connectivity index is 2.75. The molecule has 2 aromatic carbocycles. The van der Waals surface area contributed by atoms with Gasteiger partial charge in [0.2, 0.25) is 0 Å². The number of hydrogen-bond donors (Lipinski definition) is 0. The molecule has 0 aliphatic heterocycles. The summed E-state index contributed by atoms with van der Waals surface area (Å²) in [5.74, 6) is 0. The molecule has 0 aromatic heterocycles. The first-order valence-electron chi connectivity index (χ1n) is 4.44. The van der Waals surface area contributed by atoms with Crippen LogP contribution >= 0.6 is 0 Å². The van der Waals surface area contributed by atoms with E-state index in [9.17, 15) is 0 Å². The molecule has 13 heavy (non-hydrogen) atoms. The molecule has 0 saturated carbocycles. The fraction of sp³-hybridized carbons (Fsp3) is 0.0769. The largest absolute Gasteiger partial charge is 0.0791 e. The molecule has 0 bridgehead atoms. The van der Waals surface area contributed by atoms with Crippen LogP contribution in [0.2, 0.25) is 0 Å². The van der Waals surface area contributed by atoms with Gasteiger partial charge in [0.15, 0.2) is 0 Å². The first-order chi connectivity index (χ1) is 6.42. The van der Waals surface area contributed by atoms with Gasteiger partial charge in [0.25, 0.3) is 0 Å². The number of allylic oxidation sites excluding steroid dienone is 1. The van der Waals surface area contributed by atoms with Gasteiger partial charge in [-0.25, -0.2) is 0 Å². The summed E-state index contributed by atoms with van der Waals surface area (Å²) in [6, 6.07) is 14.6. The summed E-state index contributed by atoms with van der Waals surface area (Å²) < 4.78 is 0. The van der Waals surface area contributed by atoms with Gasteiger partial charge in [0.05, 0.1) is 0 Å². The van der Waals surface area contributed by atoms with Crippen molar-refractivity contribution in [2.75, 3.05) is 0 Å². The predicted octanol–water partition coefficient (Wildman–Crippen LogP) is 3.57. The molecule has 2 aromatic rings. The highest BCUT2D eigenvalue weighted by atomic mass is 14.0. The van der Waals surface area contributed by atoms with Crippen LogP contribution in [0.4, 0.5) is 0 Å². The Bertz CT molecular complexity index is 433. The van der Waals surface area contributed by atoms with Crippen LogP contribution in [0.25, 0.3) is 10.8 Å². The lowest BCUT2D eigenvalue weighted by Gasteiger charge is -2.00. The summed E-state index contributed by atoms with van der Waals surface area (Å²) in [4.78, 5) is 0. The standard InChI is InChI=1S/C13H11/c1-2-6-11-8-5-9-12-7-3-4-10-13(11)12/h2-5,7-10H,1H3. The van der Waals surface area contributed by atoms with Gasteiger partial charge in [-0.15, -0.1) is 0 Å².